The van der Waals surface area contributed by atoms with Crippen LogP contribution < -0.4 is 0 Å². The normalized spacial score (nSPS) is 10.9. The molecule has 0 aliphatic heterocycles. The van der Waals surface area contributed by atoms with E-state index in [-0.39, 0.29) is 7.43 Å². The van der Waals surface area contributed by atoms with Gasteiger partial charge in [-0.1, -0.05) is 71.5 Å². The lowest BCUT2D eigenvalue weighted by Crippen LogP contribution is -1.89. The van der Waals surface area contributed by atoms with Crippen molar-refractivity contribution < 1.29 is 0 Å². The van der Waals surface area contributed by atoms with Crippen LogP contribution in [0.5, 0.6) is 0 Å². The number of hydrogen-bond acceptors (Lipinski definition) is 0. The van der Waals surface area contributed by atoms with E-state index in [2.05, 4.69) is 64.1 Å². The van der Waals surface area contributed by atoms with Gasteiger partial charge < -0.3 is 0 Å². The number of fused-ring (bicyclic) bond motifs is 1. The highest BCUT2D eigenvalue weighted by Crippen LogP contribution is 2.24. The maximum absolute atomic E-state index is 2.33. The highest BCUT2D eigenvalue weighted by atomic mass is 14.1. The highest BCUT2D eigenvalue weighted by Gasteiger charge is 2.03. The fourth-order valence-electron chi connectivity index (χ4n) is 2.00. The zero-order valence-corrected chi connectivity index (χ0v) is 10.6. The van der Waals surface area contributed by atoms with Gasteiger partial charge in [0.2, 0.25) is 0 Å². The Labute approximate surface area is 106 Å². The second-order valence-corrected chi connectivity index (χ2v) is 5.18. The Bertz CT molecular complexity index is 450. The zero-order chi connectivity index (χ0) is 11.7. The molecular formula is C17H24. The molecule has 0 nitrogen and oxygen atoms in total. The van der Waals surface area contributed by atoms with Gasteiger partial charge >= 0.3 is 0 Å². The number of benzene rings is 2. The van der Waals surface area contributed by atoms with Crippen LogP contribution in [0.1, 0.15) is 58.1 Å². The van der Waals surface area contributed by atoms with Gasteiger partial charge in [0.1, 0.15) is 0 Å². The first-order valence-electron chi connectivity index (χ1n) is 6.11. The van der Waals surface area contributed by atoms with Gasteiger partial charge in [0.25, 0.3) is 0 Å². The lowest BCUT2D eigenvalue weighted by Gasteiger charge is -2.10. The maximum atomic E-state index is 2.33. The van der Waals surface area contributed by atoms with Gasteiger partial charge in [0.15, 0.2) is 0 Å². The predicted molar refractivity (Wildman–Crippen MR) is 78.9 cm³/mol. The summed E-state index contributed by atoms with van der Waals surface area (Å²) in [5.74, 6) is 1.21. The van der Waals surface area contributed by atoms with E-state index in [0.29, 0.717) is 11.8 Å². The molecule has 0 fully saturated rings. The average molecular weight is 228 g/mol. The minimum atomic E-state index is 0. The Hall–Kier alpha value is -1.30. The minimum Gasteiger partial charge on any atom is -0.0776 e. The van der Waals surface area contributed by atoms with E-state index in [9.17, 15) is 0 Å². The molecule has 0 amide bonds. The Balaban J connectivity index is 0.00000144. The quantitative estimate of drug-likeness (QED) is 0.616. The Kier molecular flexibility index (Phi) is 4.34. The van der Waals surface area contributed by atoms with Gasteiger partial charge in [0, 0.05) is 0 Å². The van der Waals surface area contributed by atoms with E-state index < -0.39 is 0 Å². The first-order valence-corrected chi connectivity index (χ1v) is 6.11. The molecule has 0 heteroatoms. The third-order valence-electron chi connectivity index (χ3n) is 3.22. The smallest absolute Gasteiger partial charge is 0.0178 e. The van der Waals surface area contributed by atoms with Crippen molar-refractivity contribution in [1.82, 2.24) is 0 Å². The molecule has 0 aliphatic carbocycles. The van der Waals surface area contributed by atoms with Crippen molar-refractivity contribution in [1.29, 1.82) is 0 Å². The van der Waals surface area contributed by atoms with Crippen molar-refractivity contribution in [2.45, 2.75) is 47.0 Å². The molecule has 0 N–H and O–H groups in total. The van der Waals surface area contributed by atoms with Crippen molar-refractivity contribution in [3.63, 3.8) is 0 Å². The highest BCUT2D eigenvalue weighted by molar-refractivity contribution is 5.84. The van der Waals surface area contributed by atoms with Crippen molar-refractivity contribution in [3.05, 3.63) is 47.5 Å². The monoisotopic (exact) mass is 228 g/mol. The van der Waals surface area contributed by atoms with Gasteiger partial charge in [-0.05, 0) is 33.7 Å². The van der Waals surface area contributed by atoms with E-state index >= 15 is 0 Å². The third kappa shape index (κ3) is 2.88. The summed E-state index contributed by atoms with van der Waals surface area (Å²) >= 11 is 0. The van der Waals surface area contributed by atoms with Crippen LogP contribution in [0.25, 0.3) is 10.8 Å². The maximum Gasteiger partial charge on any atom is -0.0178 e. The van der Waals surface area contributed by atoms with Crippen molar-refractivity contribution in [2.75, 3.05) is 0 Å². The minimum absolute atomic E-state index is 0. The number of hydrogen-bond donors (Lipinski definition) is 0. The Morgan fingerprint density at radius 3 is 1.41 bits per heavy atom. The van der Waals surface area contributed by atoms with Gasteiger partial charge in [-0.15, -0.1) is 0 Å². The Morgan fingerprint density at radius 2 is 1.06 bits per heavy atom. The van der Waals surface area contributed by atoms with Crippen LogP contribution in [0.3, 0.4) is 0 Å². The molecule has 2 aromatic carbocycles. The van der Waals surface area contributed by atoms with E-state index in [1.54, 1.807) is 0 Å². The SMILES string of the molecule is C.CC(C)c1ccc2ccc(C(C)C)cc2c1. The van der Waals surface area contributed by atoms with Crippen LogP contribution in [-0.2, 0) is 0 Å². The Morgan fingerprint density at radius 1 is 0.647 bits per heavy atom. The van der Waals surface area contributed by atoms with Crippen molar-refractivity contribution in [2.24, 2.45) is 0 Å². The van der Waals surface area contributed by atoms with Crippen molar-refractivity contribution in [3.8, 4) is 0 Å². The van der Waals surface area contributed by atoms with E-state index in [1.807, 2.05) is 0 Å². The molecule has 0 atom stereocenters. The van der Waals surface area contributed by atoms with Crippen LogP contribution in [0.4, 0.5) is 0 Å². The summed E-state index contributed by atoms with van der Waals surface area (Å²) < 4.78 is 0. The molecule has 0 radical (unpaired) electrons. The van der Waals surface area contributed by atoms with Crippen molar-refractivity contribution >= 4 is 10.8 Å². The fraction of sp³-hybridized carbons (Fsp3) is 0.412. The summed E-state index contributed by atoms with van der Waals surface area (Å²) in [4.78, 5) is 0. The molecule has 0 aromatic heterocycles. The summed E-state index contributed by atoms with van der Waals surface area (Å²) in [7, 11) is 0. The van der Waals surface area contributed by atoms with E-state index in [0.717, 1.165) is 0 Å². The molecule has 0 unspecified atom stereocenters. The predicted octanol–water partition coefficient (Wildman–Crippen LogP) is 5.72. The topological polar surface area (TPSA) is 0 Å². The average Bonchev–Trinajstić information content (AvgIpc) is 2.27. The van der Waals surface area contributed by atoms with E-state index in [1.165, 1.54) is 21.9 Å². The lowest BCUT2D eigenvalue weighted by molar-refractivity contribution is 0.865. The second-order valence-electron chi connectivity index (χ2n) is 5.18. The first-order chi connectivity index (χ1) is 7.58. The second kappa shape index (κ2) is 5.35. The molecule has 0 saturated heterocycles. The van der Waals surface area contributed by atoms with Gasteiger partial charge in [-0.3, -0.25) is 0 Å². The summed E-state index contributed by atoms with van der Waals surface area (Å²) in [6.07, 6.45) is 0. The summed E-state index contributed by atoms with van der Waals surface area (Å²) in [6, 6.07) is 13.6. The van der Waals surface area contributed by atoms with Crippen LogP contribution in [0.15, 0.2) is 36.4 Å². The zero-order valence-electron chi connectivity index (χ0n) is 10.6. The van der Waals surface area contributed by atoms with Crippen LogP contribution >= 0.6 is 0 Å². The van der Waals surface area contributed by atoms with Crippen LogP contribution in [0, 0.1) is 0 Å². The molecular weight excluding hydrogens is 204 g/mol. The number of rotatable bonds is 2. The summed E-state index contributed by atoms with van der Waals surface area (Å²) in [5.41, 5.74) is 2.85. The standard InChI is InChI=1S/C16H20.CH4/c1-11(2)14-7-5-13-6-8-15(12(3)4)10-16(13)9-14;/h5-12H,1-4H3;1H4. The van der Waals surface area contributed by atoms with E-state index in [4.69, 9.17) is 0 Å². The molecule has 0 saturated carbocycles. The largest absolute Gasteiger partial charge is 0.0776 e. The van der Waals surface area contributed by atoms with Gasteiger partial charge in [-0.25, -0.2) is 0 Å². The molecule has 2 aromatic rings. The lowest BCUT2D eigenvalue weighted by atomic mass is 9.95. The molecule has 0 bridgehead atoms. The van der Waals surface area contributed by atoms with Gasteiger partial charge in [-0.2, -0.15) is 0 Å². The molecule has 0 aliphatic rings. The molecule has 0 heterocycles. The fourth-order valence-corrected chi connectivity index (χ4v) is 2.00. The third-order valence-corrected chi connectivity index (χ3v) is 3.22. The van der Waals surface area contributed by atoms with Crippen LogP contribution in [0.2, 0.25) is 0 Å². The summed E-state index contributed by atoms with van der Waals surface area (Å²) in [6.45, 7) is 8.97. The van der Waals surface area contributed by atoms with Gasteiger partial charge in [0.05, 0.1) is 0 Å². The molecule has 92 valence electrons. The summed E-state index contributed by atoms with van der Waals surface area (Å²) in [5, 5.41) is 2.71. The molecule has 0 spiro atoms. The first kappa shape index (κ1) is 13.8. The van der Waals surface area contributed by atoms with Crippen LogP contribution in [-0.4, -0.2) is 0 Å². The molecule has 2 rings (SSSR count). The molecule has 17 heavy (non-hydrogen) atoms.